The molecule has 3 rings (SSSR count). The van der Waals surface area contributed by atoms with Crippen molar-refractivity contribution < 1.29 is 9.53 Å². The van der Waals surface area contributed by atoms with Crippen LogP contribution in [0, 0.1) is 18.3 Å². The predicted molar refractivity (Wildman–Crippen MR) is 119 cm³/mol. The number of carbonyl (C=O) groups is 1. The van der Waals surface area contributed by atoms with Gasteiger partial charge >= 0.3 is 0 Å². The molecule has 0 aromatic carbocycles. The molecule has 1 amide bonds. The van der Waals surface area contributed by atoms with Gasteiger partial charge in [-0.25, -0.2) is 0 Å². The number of ether oxygens (including phenoxy) is 1. The van der Waals surface area contributed by atoms with Gasteiger partial charge in [0.15, 0.2) is 0 Å². The fraction of sp³-hybridized carbons (Fsp3) is 0.500. The van der Waals surface area contributed by atoms with Gasteiger partial charge in [-0.1, -0.05) is 24.0 Å². The molecule has 2 saturated heterocycles. The molecule has 3 heterocycles. The maximum absolute atomic E-state index is 12.8. The van der Waals surface area contributed by atoms with Crippen LogP contribution in [0.25, 0.3) is 6.08 Å². The average molecular weight is 433 g/mol. The summed E-state index contributed by atoms with van der Waals surface area (Å²) in [5.41, 5.74) is 1.01. The molecule has 2 atom stereocenters. The molecule has 2 aliphatic rings. The molecular formula is C20H24N4O3S2. The molecule has 1 aromatic heterocycles. The van der Waals surface area contributed by atoms with E-state index in [4.69, 9.17) is 17.0 Å². The molecule has 2 unspecified atom stereocenters. The standard InChI is InChI=1S/C20H24N4O3S2/c1-6-24-19(26)16(29-20(24)28)7-14-13(4)15(8-21)18(25)22(5)17(14)23-9-11(2)27-12(3)10-23/h7,11-12H,6,9-10H2,1-5H3. The second-order valence-electron chi connectivity index (χ2n) is 7.30. The fourth-order valence-corrected chi connectivity index (χ4v) is 5.21. The molecule has 154 valence electrons. The van der Waals surface area contributed by atoms with E-state index in [1.807, 2.05) is 26.8 Å². The Kier molecular flexibility index (Phi) is 6.17. The Morgan fingerprint density at radius 1 is 1.31 bits per heavy atom. The van der Waals surface area contributed by atoms with E-state index in [9.17, 15) is 14.9 Å². The molecule has 9 heteroatoms. The zero-order valence-electron chi connectivity index (χ0n) is 17.2. The molecule has 0 radical (unpaired) electrons. The molecule has 29 heavy (non-hydrogen) atoms. The summed E-state index contributed by atoms with van der Waals surface area (Å²) < 4.78 is 7.86. The van der Waals surface area contributed by atoms with Crippen molar-refractivity contribution in [1.82, 2.24) is 9.47 Å². The maximum atomic E-state index is 12.8. The molecule has 2 aliphatic heterocycles. The number of rotatable bonds is 3. The van der Waals surface area contributed by atoms with E-state index in [0.29, 0.717) is 45.8 Å². The highest BCUT2D eigenvalue weighted by Crippen LogP contribution is 2.36. The average Bonchev–Trinajstić information content (AvgIpc) is 2.92. The molecule has 0 spiro atoms. The van der Waals surface area contributed by atoms with Crippen LogP contribution in [0.15, 0.2) is 9.70 Å². The first kappa shape index (κ1) is 21.6. The van der Waals surface area contributed by atoms with Crippen molar-refractivity contribution in [3.05, 3.63) is 31.9 Å². The minimum Gasteiger partial charge on any atom is -0.372 e. The Morgan fingerprint density at radius 3 is 2.45 bits per heavy atom. The largest absolute Gasteiger partial charge is 0.372 e. The number of pyridine rings is 1. The van der Waals surface area contributed by atoms with Gasteiger partial charge in [-0.05, 0) is 39.3 Å². The summed E-state index contributed by atoms with van der Waals surface area (Å²) in [4.78, 5) is 29.7. The highest BCUT2D eigenvalue weighted by atomic mass is 32.2. The van der Waals surface area contributed by atoms with Crippen LogP contribution in [-0.4, -0.2) is 51.5 Å². The van der Waals surface area contributed by atoms with Crippen LogP contribution in [0.2, 0.25) is 0 Å². The number of anilines is 1. The number of nitrogens with zero attached hydrogens (tertiary/aromatic N) is 4. The van der Waals surface area contributed by atoms with Crippen LogP contribution >= 0.6 is 24.0 Å². The lowest BCUT2D eigenvalue weighted by Crippen LogP contribution is -2.47. The number of thiocarbonyl (C=S) groups is 1. The van der Waals surface area contributed by atoms with Crippen LogP contribution in [0.1, 0.15) is 37.5 Å². The van der Waals surface area contributed by atoms with Crippen molar-refractivity contribution in [2.24, 2.45) is 7.05 Å². The summed E-state index contributed by atoms with van der Waals surface area (Å²) in [6, 6.07) is 2.02. The lowest BCUT2D eigenvalue weighted by molar-refractivity contribution is -0.121. The zero-order chi connectivity index (χ0) is 21.5. The summed E-state index contributed by atoms with van der Waals surface area (Å²) in [6.45, 7) is 9.33. The van der Waals surface area contributed by atoms with Gasteiger partial charge in [-0.15, -0.1) is 0 Å². The minimum absolute atomic E-state index is 0.00375. The lowest BCUT2D eigenvalue weighted by atomic mass is 10.0. The van der Waals surface area contributed by atoms with Crippen molar-refractivity contribution in [1.29, 1.82) is 5.26 Å². The van der Waals surface area contributed by atoms with Crippen LogP contribution in [-0.2, 0) is 16.6 Å². The number of amides is 1. The molecule has 0 aliphatic carbocycles. The molecule has 0 saturated carbocycles. The van der Waals surface area contributed by atoms with E-state index < -0.39 is 0 Å². The first-order chi connectivity index (χ1) is 13.7. The molecule has 0 N–H and O–H groups in total. The van der Waals surface area contributed by atoms with Gasteiger partial charge in [-0.2, -0.15) is 5.26 Å². The Bertz CT molecular complexity index is 998. The number of likely N-dealkylation sites (N-methyl/N-ethyl adjacent to an activating group) is 1. The lowest BCUT2D eigenvalue weighted by Gasteiger charge is -2.38. The molecular weight excluding hydrogens is 408 g/mol. The molecule has 1 aromatic rings. The van der Waals surface area contributed by atoms with Gasteiger partial charge in [0.05, 0.1) is 17.1 Å². The third kappa shape index (κ3) is 3.84. The molecule has 2 fully saturated rings. The van der Waals surface area contributed by atoms with Crippen molar-refractivity contribution in [3.8, 4) is 6.07 Å². The second kappa shape index (κ2) is 8.30. The van der Waals surface area contributed by atoms with Crippen LogP contribution in [0.5, 0.6) is 0 Å². The smallest absolute Gasteiger partial charge is 0.270 e. The van der Waals surface area contributed by atoms with E-state index in [1.165, 1.54) is 16.3 Å². The van der Waals surface area contributed by atoms with Crippen molar-refractivity contribution in [2.75, 3.05) is 24.5 Å². The highest BCUT2D eigenvalue weighted by molar-refractivity contribution is 8.26. The first-order valence-corrected chi connectivity index (χ1v) is 10.7. The van der Waals surface area contributed by atoms with Crippen molar-refractivity contribution in [2.45, 2.75) is 39.9 Å². The number of aromatic nitrogens is 1. The summed E-state index contributed by atoms with van der Waals surface area (Å²) in [5.74, 6) is 0.541. The highest BCUT2D eigenvalue weighted by Gasteiger charge is 2.33. The Balaban J connectivity index is 2.23. The second-order valence-corrected chi connectivity index (χ2v) is 8.98. The quantitative estimate of drug-likeness (QED) is 0.536. The Morgan fingerprint density at radius 2 is 1.93 bits per heavy atom. The Labute approximate surface area is 179 Å². The normalized spacial score (nSPS) is 23.8. The number of hydrogen-bond acceptors (Lipinski definition) is 7. The first-order valence-electron chi connectivity index (χ1n) is 9.49. The fourth-order valence-electron chi connectivity index (χ4n) is 3.85. The molecule has 7 nitrogen and oxygen atoms in total. The summed E-state index contributed by atoms with van der Waals surface area (Å²) in [6.07, 6.45) is 1.76. The van der Waals surface area contributed by atoms with Gasteiger partial charge in [0.2, 0.25) is 0 Å². The van der Waals surface area contributed by atoms with E-state index in [1.54, 1.807) is 24.9 Å². The third-order valence-corrected chi connectivity index (χ3v) is 6.53. The third-order valence-electron chi connectivity index (χ3n) is 5.15. The van der Waals surface area contributed by atoms with E-state index in [2.05, 4.69) is 4.90 Å². The van der Waals surface area contributed by atoms with Crippen LogP contribution in [0.3, 0.4) is 0 Å². The number of carbonyl (C=O) groups excluding carboxylic acids is 1. The van der Waals surface area contributed by atoms with Gasteiger partial charge in [0, 0.05) is 32.2 Å². The zero-order valence-corrected chi connectivity index (χ0v) is 18.8. The van der Waals surface area contributed by atoms with E-state index in [0.717, 1.165) is 0 Å². The van der Waals surface area contributed by atoms with Crippen LogP contribution < -0.4 is 10.5 Å². The van der Waals surface area contributed by atoms with E-state index >= 15 is 0 Å². The molecule has 0 bridgehead atoms. The summed E-state index contributed by atoms with van der Waals surface area (Å²) in [7, 11) is 1.66. The van der Waals surface area contributed by atoms with Gasteiger partial charge in [0.1, 0.15) is 21.8 Å². The van der Waals surface area contributed by atoms with E-state index in [-0.39, 0.29) is 29.2 Å². The SMILES string of the molecule is CCN1C(=O)C(=Cc2c(C)c(C#N)c(=O)n(C)c2N2CC(C)OC(C)C2)SC1=S. The van der Waals surface area contributed by atoms with Gasteiger partial charge in [0.25, 0.3) is 11.5 Å². The van der Waals surface area contributed by atoms with Crippen molar-refractivity contribution in [3.63, 3.8) is 0 Å². The predicted octanol–water partition coefficient (Wildman–Crippen LogP) is 2.40. The number of thioether (sulfide) groups is 1. The maximum Gasteiger partial charge on any atom is 0.270 e. The van der Waals surface area contributed by atoms with Crippen molar-refractivity contribution >= 4 is 46.1 Å². The topological polar surface area (TPSA) is 78.6 Å². The minimum atomic E-state index is -0.343. The number of morpholine rings is 1. The number of nitriles is 1. The Hall–Kier alpha value is -2.15. The summed E-state index contributed by atoms with van der Waals surface area (Å²) in [5, 5.41) is 9.55. The van der Waals surface area contributed by atoms with Gasteiger partial charge in [-0.3, -0.25) is 19.1 Å². The number of hydrogen-bond donors (Lipinski definition) is 0. The summed E-state index contributed by atoms with van der Waals surface area (Å²) >= 11 is 6.56. The van der Waals surface area contributed by atoms with Gasteiger partial charge < -0.3 is 9.64 Å². The monoisotopic (exact) mass is 432 g/mol. The van der Waals surface area contributed by atoms with Crippen LogP contribution in [0.4, 0.5) is 5.82 Å².